The van der Waals surface area contributed by atoms with Gasteiger partial charge >= 0.3 is 0 Å². The molecule has 22 heavy (non-hydrogen) atoms. The minimum Gasteiger partial charge on any atom is -0.488 e. The number of halogens is 1. The number of benzene rings is 2. The van der Waals surface area contributed by atoms with Crippen molar-refractivity contribution in [2.75, 3.05) is 13.1 Å². The van der Waals surface area contributed by atoms with Gasteiger partial charge in [0.2, 0.25) is 0 Å². The summed E-state index contributed by atoms with van der Waals surface area (Å²) in [4.78, 5) is 3.22. The van der Waals surface area contributed by atoms with E-state index in [0.717, 1.165) is 39.4 Å². The summed E-state index contributed by atoms with van der Waals surface area (Å²) < 4.78 is 6.83. The number of hydrogen-bond acceptors (Lipinski definition) is 2. The summed E-state index contributed by atoms with van der Waals surface area (Å²) in [5.41, 5.74) is 2.24. The Balaban J connectivity index is 1.68. The summed E-state index contributed by atoms with van der Waals surface area (Å²) in [5.74, 6) is 0.844. The molecule has 1 fully saturated rings. The van der Waals surface area contributed by atoms with Crippen molar-refractivity contribution in [1.29, 1.82) is 0 Å². The first-order chi connectivity index (χ1) is 10.7. The second-order valence-electron chi connectivity index (χ2n) is 5.42. The lowest BCUT2D eigenvalue weighted by atomic mass is 10.2. The normalized spacial score (nSPS) is 14.1. The fourth-order valence-electron chi connectivity index (χ4n) is 2.59. The molecule has 0 saturated carbocycles. The Bertz CT molecular complexity index is 653. The van der Waals surface area contributed by atoms with Crippen LogP contribution in [0.2, 0.25) is 0 Å². The van der Waals surface area contributed by atoms with Gasteiger partial charge in [0.15, 0.2) is 0 Å². The molecule has 1 heterocycles. The maximum absolute atomic E-state index is 5.88. The molecule has 0 spiro atoms. The third kappa shape index (κ3) is 3.68. The minimum atomic E-state index is 0.565. The van der Waals surface area contributed by atoms with Crippen LogP contribution in [0.3, 0.4) is 0 Å². The van der Waals surface area contributed by atoms with Crippen LogP contribution in [-0.4, -0.2) is 23.0 Å². The van der Waals surface area contributed by atoms with Crippen LogP contribution in [0.1, 0.15) is 24.0 Å². The van der Waals surface area contributed by atoms with Crippen molar-refractivity contribution >= 4 is 33.1 Å². The Labute approximate surface area is 145 Å². The van der Waals surface area contributed by atoms with E-state index in [4.69, 9.17) is 17.0 Å². The molecule has 1 aliphatic rings. The Morgan fingerprint density at radius 2 is 1.82 bits per heavy atom. The fourth-order valence-corrected chi connectivity index (χ4v) is 3.39. The van der Waals surface area contributed by atoms with Crippen LogP contribution in [-0.2, 0) is 6.61 Å². The Kier molecular flexibility index (Phi) is 5.11. The van der Waals surface area contributed by atoms with Crippen molar-refractivity contribution in [3.05, 3.63) is 64.1 Å². The number of thiocarbonyl (C=S) groups is 1. The zero-order chi connectivity index (χ0) is 15.4. The molecule has 2 aromatic carbocycles. The molecule has 0 unspecified atom stereocenters. The van der Waals surface area contributed by atoms with E-state index >= 15 is 0 Å². The molecule has 114 valence electrons. The van der Waals surface area contributed by atoms with Crippen LogP contribution in [0.4, 0.5) is 0 Å². The quantitative estimate of drug-likeness (QED) is 0.712. The minimum absolute atomic E-state index is 0.565. The van der Waals surface area contributed by atoms with E-state index in [1.807, 2.05) is 30.3 Å². The van der Waals surface area contributed by atoms with Crippen molar-refractivity contribution in [1.82, 2.24) is 4.90 Å². The van der Waals surface area contributed by atoms with Gasteiger partial charge in [-0.1, -0.05) is 42.5 Å². The van der Waals surface area contributed by atoms with Crippen molar-refractivity contribution in [2.45, 2.75) is 19.4 Å². The van der Waals surface area contributed by atoms with Crippen LogP contribution in [0.25, 0.3) is 0 Å². The summed E-state index contributed by atoms with van der Waals surface area (Å²) in [6.07, 6.45) is 2.47. The lowest BCUT2D eigenvalue weighted by Crippen LogP contribution is -2.26. The maximum Gasteiger partial charge on any atom is 0.134 e. The summed E-state index contributed by atoms with van der Waals surface area (Å²) in [5, 5.41) is 0. The first kappa shape index (κ1) is 15.5. The molecular formula is C18H18BrNOS. The maximum atomic E-state index is 5.88. The number of nitrogens with zero attached hydrogens (tertiary/aromatic N) is 1. The molecule has 3 rings (SSSR count). The van der Waals surface area contributed by atoms with Gasteiger partial charge in [-0.3, -0.25) is 0 Å². The molecule has 0 N–H and O–H groups in total. The van der Waals surface area contributed by atoms with E-state index in [2.05, 4.69) is 39.0 Å². The zero-order valence-electron chi connectivity index (χ0n) is 12.3. The summed E-state index contributed by atoms with van der Waals surface area (Å²) in [6.45, 7) is 2.71. The second-order valence-corrected chi connectivity index (χ2v) is 6.66. The predicted molar refractivity (Wildman–Crippen MR) is 97.4 cm³/mol. The number of ether oxygens (including phenoxy) is 1. The standard InChI is InChI=1S/C18H18BrNOS/c19-16-12-15(18(22)20-10-4-5-11-20)8-9-17(16)21-13-14-6-2-1-3-7-14/h1-3,6-9,12H,4-5,10-11,13H2. The summed E-state index contributed by atoms with van der Waals surface area (Å²) in [6, 6.07) is 16.3. The fraction of sp³-hybridized carbons (Fsp3) is 0.278. The number of rotatable bonds is 4. The highest BCUT2D eigenvalue weighted by atomic mass is 79.9. The van der Waals surface area contributed by atoms with E-state index in [9.17, 15) is 0 Å². The molecule has 0 radical (unpaired) electrons. The third-order valence-electron chi connectivity index (χ3n) is 3.81. The van der Waals surface area contributed by atoms with Gasteiger partial charge in [0, 0.05) is 18.7 Å². The van der Waals surface area contributed by atoms with Gasteiger partial charge in [0.25, 0.3) is 0 Å². The van der Waals surface area contributed by atoms with Gasteiger partial charge in [-0.05, 0) is 52.5 Å². The van der Waals surface area contributed by atoms with Gasteiger partial charge in [-0.25, -0.2) is 0 Å². The van der Waals surface area contributed by atoms with Crippen molar-refractivity contribution in [3.8, 4) is 5.75 Å². The molecule has 4 heteroatoms. The molecular weight excluding hydrogens is 358 g/mol. The van der Waals surface area contributed by atoms with Crippen molar-refractivity contribution in [3.63, 3.8) is 0 Å². The molecule has 2 aromatic rings. The van der Waals surface area contributed by atoms with Crippen LogP contribution in [0.5, 0.6) is 5.75 Å². The number of likely N-dealkylation sites (tertiary alicyclic amines) is 1. The van der Waals surface area contributed by atoms with E-state index in [1.165, 1.54) is 12.8 Å². The highest BCUT2D eigenvalue weighted by molar-refractivity contribution is 9.10. The van der Waals surface area contributed by atoms with Crippen LogP contribution < -0.4 is 4.74 Å². The summed E-state index contributed by atoms with van der Waals surface area (Å²) >= 11 is 9.18. The molecule has 1 aliphatic heterocycles. The smallest absolute Gasteiger partial charge is 0.134 e. The van der Waals surface area contributed by atoms with Crippen molar-refractivity contribution < 1.29 is 4.74 Å². The lowest BCUT2D eigenvalue weighted by Gasteiger charge is -2.19. The molecule has 2 nitrogen and oxygen atoms in total. The molecule has 0 bridgehead atoms. The zero-order valence-corrected chi connectivity index (χ0v) is 14.7. The van der Waals surface area contributed by atoms with Crippen LogP contribution >= 0.6 is 28.1 Å². The molecule has 0 amide bonds. The van der Waals surface area contributed by atoms with Gasteiger partial charge in [0.05, 0.1) is 4.47 Å². The number of hydrogen-bond donors (Lipinski definition) is 0. The van der Waals surface area contributed by atoms with Crippen molar-refractivity contribution in [2.24, 2.45) is 0 Å². The monoisotopic (exact) mass is 375 g/mol. The first-order valence-corrected chi connectivity index (χ1v) is 8.70. The molecule has 1 saturated heterocycles. The van der Waals surface area contributed by atoms with E-state index in [-0.39, 0.29) is 0 Å². The highest BCUT2D eigenvalue weighted by Gasteiger charge is 2.17. The van der Waals surface area contributed by atoms with Crippen LogP contribution in [0, 0.1) is 0 Å². The largest absolute Gasteiger partial charge is 0.488 e. The summed E-state index contributed by atoms with van der Waals surface area (Å²) in [7, 11) is 0. The first-order valence-electron chi connectivity index (χ1n) is 7.49. The average Bonchev–Trinajstić information content (AvgIpc) is 3.08. The van der Waals surface area contributed by atoms with E-state index in [0.29, 0.717) is 6.61 Å². The van der Waals surface area contributed by atoms with E-state index < -0.39 is 0 Å². The van der Waals surface area contributed by atoms with Gasteiger partial charge < -0.3 is 9.64 Å². The molecule has 0 aliphatic carbocycles. The predicted octanol–water partition coefficient (Wildman–Crippen LogP) is 4.80. The van der Waals surface area contributed by atoms with Gasteiger partial charge in [-0.2, -0.15) is 0 Å². The Morgan fingerprint density at radius 3 is 2.50 bits per heavy atom. The van der Waals surface area contributed by atoms with Gasteiger partial charge in [0.1, 0.15) is 17.3 Å². The average molecular weight is 376 g/mol. The highest BCUT2D eigenvalue weighted by Crippen LogP contribution is 2.28. The lowest BCUT2D eigenvalue weighted by molar-refractivity contribution is 0.304. The van der Waals surface area contributed by atoms with Gasteiger partial charge in [-0.15, -0.1) is 0 Å². The Morgan fingerprint density at radius 1 is 1.09 bits per heavy atom. The Hall–Kier alpha value is -1.39. The molecule has 0 aromatic heterocycles. The molecule has 0 atom stereocenters. The third-order valence-corrected chi connectivity index (χ3v) is 4.92. The topological polar surface area (TPSA) is 12.5 Å². The second kappa shape index (κ2) is 7.25. The SMILES string of the molecule is S=C(c1ccc(OCc2ccccc2)c(Br)c1)N1CCCC1. The van der Waals surface area contributed by atoms with E-state index in [1.54, 1.807) is 0 Å². The van der Waals surface area contributed by atoms with Crippen LogP contribution in [0.15, 0.2) is 53.0 Å².